The van der Waals surface area contributed by atoms with Crippen molar-refractivity contribution in [1.82, 2.24) is 15.5 Å². The van der Waals surface area contributed by atoms with Crippen LogP contribution in [-0.2, 0) is 11.2 Å². The van der Waals surface area contributed by atoms with Crippen LogP contribution in [0.3, 0.4) is 0 Å². The number of carboxylic acids is 1. The summed E-state index contributed by atoms with van der Waals surface area (Å²) in [4.78, 5) is 34.4. The Morgan fingerprint density at radius 3 is 2.73 bits per heavy atom. The van der Waals surface area contributed by atoms with E-state index in [0.29, 0.717) is 22.4 Å². The Morgan fingerprint density at radius 2 is 2.10 bits per heavy atom. The molecule has 1 atom stereocenters. The van der Waals surface area contributed by atoms with Gasteiger partial charge in [-0.15, -0.1) is 5.10 Å². The largest absolute Gasteiger partial charge is 0.496 e. The molecule has 0 saturated heterocycles. The summed E-state index contributed by atoms with van der Waals surface area (Å²) in [5.41, 5.74) is 1.97. The van der Waals surface area contributed by atoms with Crippen molar-refractivity contribution in [3.05, 3.63) is 70.3 Å². The van der Waals surface area contributed by atoms with E-state index in [-0.39, 0.29) is 18.7 Å². The molecule has 3 aromatic rings. The fourth-order valence-electron chi connectivity index (χ4n) is 3.00. The van der Waals surface area contributed by atoms with E-state index in [4.69, 9.17) is 9.84 Å². The molecule has 2 aromatic carbocycles. The van der Waals surface area contributed by atoms with Crippen LogP contribution >= 0.6 is 0 Å². The second kappa shape index (κ2) is 9.03. The Labute approximate surface area is 169 Å². The molecule has 156 valence electrons. The maximum absolute atomic E-state index is 13.6. The molecule has 0 radical (unpaired) electrons. The van der Waals surface area contributed by atoms with Gasteiger partial charge >= 0.3 is 23.5 Å². The Morgan fingerprint density at radius 1 is 1.30 bits per heavy atom. The van der Waals surface area contributed by atoms with Crippen molar-refractivity contribution in [2.24, 2.45) is 0 Å². The Balaban J connectivity index is 1.82. The van der Waals surface area contributed by atoms with Gasteiger partial charge in [0.15, 0.2) is 0 Å². The molecular formula is C20H18FN3O6. The second-order valence-corrected chi connectivity index (χ2v) is 6.44. The monoisotopic (exact) mass is 415 g/mol. The summed E-state index contributed by atoms with van der Waals surface area (Å²) in [6.07, 6.45) is -0.207. The SMILES string of the molecule is COc1cc(CC(CC(=O)O)NC(=O)c2n[nH]c(=O)o2)ccc1-c1cccc(F)c1. The minimum Gasteiger partial charge on any atom is -0.496 e. The van der Waals surface area contributed by atoms with Crippen molar-refractivity contribution in [3.8, 4) is 16.9 Å². The van der Waals surface area contributed by atoms with Crippen LogP contribution in [0.5, 0.6) is 5.75 Å². The lowest BCUT2D eigenvalue weighted by Gasteiger charge is -2.17. The van der Waals surface area contributed by atoms with Crippen molar-refractivity contribution in [2.75, 3.05) is 7.11 Å². The number of halogens is 1. The average Bonchev–Trinajstić information content (AvgIpc) is 3.14. The molecule has 0 aliphatic carbocycles. The van der Waals surface area contributed by atoms with Gasteiger partial charge in [-0.05, 0) is 35.7 Å². The van der Waals surface area contributed by atoms with Crippen LogP contribution in [0.4, 0.5) is 4.39 Å². The standard InChI is InChI=1S/C20H18FN3O6/c1-29-16-8-11(5-6-15(16)12-3-2-4-13(21)9-12)7-14(10-17(25)26)22-18(27)19-23-24-20(28)30-19/h2-6,8-9,14H,7,10H2,1H3,(H,22,27)(H,24,28)(H,25,26). The van der Waals surface area contributed by atoms with Gasteiger partial charge in [0, 0.05) is 11.6 Å². The number of hydrogen-bond acceptors (Lipinski definition) is 6. The lowest BCUT2D eigenvalue weighted by atomic mass is 9.98. The number of carbonyl (C=O) groups excluding carboxylic acids is 1. The van der Waals surface area contributed by atoms with Gasteiger partial charge in [0.25, 0.3) is 0 Å². The minimum absolute atomic E-state index is 0.159. The van der Waals surface area contributed by atoms with Gasteiger partial charge in [-0.25, -0.2) is 14.3 Å². The first-order chi connectivity index (χ1) is 14.4. The summed E-state index contributed by atoms with van der Waals surface area (Å²) in [5.74, 6) is -3.23. The molecule has 9 nitrogen and oxygen atoms in total. The summed E-state index contributed by atoms with van der Waals surface area (Å²) < 4.78 is 23.5. The molecule has 10 heteroatoms. The molecule has 3 N–H and O–H groups in total. The van der Waals surface area contributed by atoms with Gasteiger partial charge in [0.05, 0.1) is 13.5 Å². The number of ether oxygens (including phenoxy) is 1. The van der Waals surface area contributed by atoms with Crippen molar-refractivity contribution in [3.63, 3.8) is 0 Å². The van der Waals surface area contributed by atoms with Crippen LogP contribution in [0, 0.1) is 5.82 Å². The van der Waals surface area contributed by atoms with Crippen LogP contribution in [0.1, 0.15) is 22.7 Å². The van der Waals surface area contributed by atoms with Gasteiger partial charge in [-0.3, -0.25) is 9.59 Å². The number of nitrogens with zero attached hydrogens (tertiary/aromatic N) is 1. The van der Waals surface area contributed by atoms with Crippen LogP contribution in [-0.4, -0.2) is 40.3 Å². The Bertz CT molecular complexity index is 1120. The molecule has 1 aromatic heterocycles. The average molecular weight is 415 g/mol. The van der Waals surface area contributed by atoms with Gasteiger partial charge in [-0.2, -0.15) is 0 Å². The van der Waals surface area contributed by atoms with Crippen LogP contribution in [0.25, 0.3) is 11.1 Å². The highest BCUT2D eigenvalue weighted by Crippen LogP contribution is 2.31. The molecule has 30 heavy (non-hydrogen) atoms. The van der Waals surface area contributed by atoms with Crippen LogP contribution < -0.4 is 15.8 Å². The van der Waals surface area contributed by atoms with Gasteiger partial charge < -0.3 is 19.6 Å². The van der Waals surface area contributed by atoms with E-state index in [1.54, 1.807) is 30.3 Å². The summed E-state index contributed by atoms with van der Waals surface area (Å²) >= 11 is 0. The number of amides is 1. The zero-order valence-electron chi connectivity index (χ0n) is 15.8. The van der Waals surface area contributed by atoms with Gasteiger partial charge in [0.2, 0.25) is 0 Å². The zero-order chi connectivity index (χ0) is 21.7. The molecule has 0 saturated carbocycles. The van der Waals surface area contributed by atoms with Gasteiger partial charge in [-0.1, -0.05) is 24.3 Å². The van der Waals surface area contributed by atoms with Crippen molar-refractivity contribution in [1.29, 1.82) is 0 Å². The second-order valence-electron chi connectivity index (χ2n) is 6.44. The third kappa shape index (κ3) is 5.10. The molecule has 3 rings (SSSR count). The highest BCUT2D eigenvalue weighted by molar-refractivity contribution is 5.89. The number of carboxylic acid groups (broad SMARTS) is 1. The van der Waals surface area contributed by atoms with E-state index in [0.717, 1.165) is 0 Å². The molecule has 1 unspecified atom stereocenters. The number of carbonyl (C=O) groups is 2. The number of rotatable bonds is 8. The molecule has 0 aliphatic rings. The first kappa shape index (κ1) is 20.8. The number of aromatic amines is 1. The van der Waals surface area contributed by atoms with E-state index >= 15 is 0 Å². The Hall–Kier alpha value is -3.95. The lowest BCUT2D eigenvalue weighted by Crippen LogP contribution is -2.38. The third-order valence-corrected chi connectivity index (χ3v) is 4.27. The number of aromatic nitrogens is 2. The first-order valence-corrected chi connectivity index (χ1v) is 8.86. The number of methoxy groups -OCH3 is 1. The fraction of sp³-hybridized carbons (Fsp3) is 0.200. The molecule has 1 heterocycles. The summed E-state index contributed by atoms with van der Waals surface area (Å²) in [6.45, 7) is 0. The molecule has 0 spiro atoms. The third-order valence-electron chi connectivity index (χ3n) is 4.27. The normalized spacial score (nSPS) is 11.7. The summed E-state index contributed by atoms with van der Waals surface area (Å²) in [6, 6.07) is 10.4. The first-order valence-electron chi connectivity index (χ1n) is 8.86. The van der Waals surface area contributed by atoms with E-state index in [2.05, 4.69) is 14.8 Å². The van der Waals surface area contributed by atoms with Crippen molar-refractivity contribution >= 4 is 11.9 Å². The van der Waals surface area contributed by atoms with E-state index in [1.165, 1.54) is 19.2 Å². The number of hydrogen-bond donors (Lipinski definition) is 3. The fourth-order valence-corrected chi connectivity index (χ4v) is 3.00. The van der Waals surface area contributed by atoms with E-state index < -0.39 is 29.6 Å². The molecule has 0 fully saturated rings. The topological polar surface area (TPSA) is 135 Å². The molecular weight excluding hydrogens is 397 g/mol. The van der Waals surface area contributed by atoms with E-state index in [9.17, 15) is 18.8 Å². The highest BCUT2D eigenvalue weighted by atomic mass is 19.1. The van der Waals surface area contributed by atoms with Crippen molar-refractivity contribution < 1.29 is 28.2 Å². The maximum Gasteiger partial charge on any atom is 0.434 e. The summed E-state index contributed by atoms with van der Waals surface area (Å²) in [7, 11) is 1.47. The lowest BCUT2D eigenvalue weighted by molar-refractivity contribution is -0.137. The van der Waals surface area contributed by atoms with Crippen molar-refractivity contribution in [2.45, 2.75) is 18.9 Å². The molecule has 0 aliphatic heterocycles. The number of aliphatic carboxylic acids is 1. The number of nitrogens with one attached hydrogen (secondary N) is 2. The van der Waals surface area contributed by atoms with Crippen LogP contribution in [0.15, 0.2) is 51.7 Å². The predicted molar refractivity (Wildman–Crippen MR) is 103 cm³/mol. The van der Waals surface area contributed by atoms with Gasteiger partial charge in [0.1, 0.15) is 11.6 Å². The smallest absolute Gasteiger partial charge is 0.434 e. The highest BCUT2D eigenvalue weighted by Gasteiger charge is 2.21. The number of H-pyrrole nitrogens is 1. The summed E-state index contributed by atoms with van der Waals surface area (Å²) in [5, 5.41) is 17.0. The maximum atomic E-state index is 13.6. The molecule has 0 bridgehead atoms. The minimum atomic E-state index is -1.12. The predicted octanol–water partition coefficient (Wildman–Crippen LogP) is 1.99. The zero-order valence-corrected chi connectivity index (χ0v) is 15.8. The number of benzene rings is 2. The quantitative estimate of drug-likeness (QED) is 0.512. The Kier molecular flexibility index (Phi) is 6.26. The molecule has 1 amide bonds. The van der Waals surface area contributed by atoms with E-state index in [1.807, 2.05) is 5.10 Å². The van der Waals surface area contributed by atoms with Crippen LogP contribution in [0.2, 0.25) is 0 Å².